The summed E-state index contributed by atoms with van der Waals surface area (Å²) in [6.07, 6.45) is 0. The van der Waals surface area contributed by atoms with Crippen LogP contribution in [-0.4, -0.2) is 44.3 Å². The highest BCUT2D eigenvalue weighted by molar-refractivity contribution is 7.89. The average Bonchev–Trinajstić information content (AvgIpc) is 2.41. The minimum atomic E-state index is -3.54. The van der Waals surface area contributed by atoms with E-state index in [-0.39, 0.29) is 29.3 Å². The Morgan fingerprint density at radius 1 is 1.41 bits per heavy atom. The minimum absolute atomic E-state index is 0. The van der Waals surface area contributed by atoms with Gasteiger partial charge in [-0.3, -0.25) is 4.79 Å². The van der Waals surface area contributed by atoms with Gasteiger partial charge >= 0.3 is 0 Å². The van der Waals surface area contributed by atoms with Crippen LogP contribution in [0.4, 0.5) is 5.69 Å². The van der Waals surface area contributed by atoms with Crippen LogP contribution >= 0.6 is 12.4 Å². The molecule has 1 aromatic rings. The number of piperazine rings is 1. The van der Waals surface area contributed by atoms with Gasteiger partial charge in [0.25, 0.3) is 0 Å². The first-order valence-electron chi connectivity index (χ1n) is 6.93. The van der Waals surface area contributed by atoms with Crippen molar-refractivity contribution < 1.29 is 13.2 Å². The van der Waals surface area contributed by atoms with Crippen molar-refractivity contribution in [1.29, 1.82) is 0 Å². The third-order valence-corrected chi connectivity index (χ3v) is 5.58. The molecule has 0 bridgehead atoms. The molecule has 0 aliphatic carbocycles. The molecule has 1 aliphatic rings. The maximum absolute atomic E-state index is 12.7. The molecular weight excluding hydrogens is 326 g/mol. The van der Waals surface area contributed by atoms with E-state index in [2.05, 4.69) is 10.6 Å². The lowest BCUT2D eigenvalue weighted by molar-refractivity contribution is -0.114. The van der Waals surface area contributed by atoms with Crippen LogP contribution in [0.1, 0.15) is 19.4 Å². The van der Waals surface area contributed by atoms with E-state index in [1.54, 1.807) is 12.1 Å². The molecule has 1 atom stereocenters. The van der Waals surface area contributed by atoms with Gasteiger partial charge in [-0.05, 0) is 31.5 Å². The van der Waals surface area contributed by atoms with Gasteiger partial charge in [0.15, 0.2) is 0 Å². The van der Waals surface area contributed by atoms with Gasteiger partial charge < -0.3 is 10.6 Å². The van der Waals surface area contributed by atoms with Crippen LogP contribution in [-0.2, 0) is 14.8 Å². The van der Waals surface area contributed by atoms with Crippen LogP contribution in [0.3, 0.4) is 0 Å². The van der Waals surface area contributed by atoms with Gasteiger partial charge in [-0.25, -0.2) is 8.42 Å². The van der Waals surface area contributed by atoms with Crippen molar-refractivity contribution in [3.05, 3.63) is 23.8 Å². The number of aryl methyl sites for hydroxylation is 1. The number of carbonyl (C=O) groups is 1. The Labute approximate surface area is 137 Å². The molecule has 2 N–H and O–H groups in total. The SMILES string of the molecule is CC(=O)Nc1cc(S(=O)(=O)N2CCNCC2C)ccc1C.Cl. The van der Waals surface area contributed by atoms with E-state index in [1.807, 2.05) is 13.8 Å². The maximum Gasteiger partial charge on any atom is 0.243 e. The summed E-state index contributed by atoms with van der Waals surface area (Å²) in [6.45, 7) is 6.85. The fourth-order valence-corrected chi connectivity index (χ4v) is 4.06. The normalized spacial score (nSPS) is 19.3. The number of hydrogen-bond donors (Lipinski definition) is 2. The van der Waals surface area contributed by atoms with Crippen molar-refractivity contribution >= 4 is 34.0 Å². The molecule has 1 fully saturated rings. The molecule has 1 saturated heterocycles. The quantitative estimate of drug-likeness (QED) is 0.865. The van der Waals surface area contributed by atoms with Crippen LogP contribution in [0.5, 0.6) is 0 Å². The molecule has 124 valence electrons. The molecule has 0 spiro atoms. The zero-order chi connectivity index (χ0) is 15.6. The van der Waals surface area contributed by atoms with Gasteiger partial charge in [-0.1, -0.05) is 6.07 Å². The molecule has 0 aromatic heterocycles. The van der Waals surface area contributed by atoms with E-state index in [1.165, 1.54) is 17.3 Å². The Morgan fingerprint density at radius 2 is 2.09 bits per heavy atom. The van der Waals surface area contributed by atoms with Crippen LogP contribution in [0.25, 0.3) is 0 Å². The summed E-state index contributed by atoms with van der Waals surface area (Å²) in [5.41, 5.74) is 1.36. The predicted molar refractivity (Wildman–Crippen MR) is 89.0 cm³/mol. The maximum atomic E-state index is 12.7. The molecular formula is C14H22ClN3O3S. The average molecular weight is 348 g/mol. The summed E-state index contributed by atoms with van der Waals surface area (Å²) < 4.78 is 27.0. The van der Waals surface area contributed by atoms with E-state index in [9.17, 15) is 13.2 Å². The number of halogens is 1. The van der Waals surface area contributed by atoms with Gasteiger partial charge in [0.2, 0.25) is 15.9 Å². The third kappa shape index (κ3) is 3.98. The number of amides is 1. The van der Waals surface area contributed by atoms with Crippen LogP contribution in [0.15, 0.2) is 23.1 Å². The lowest BCUT2D eigenvalue weighted by Gasteiger charge is -2.33. The summed E-state index contributed by atoms with van der Waals surface area (Å²) in [7, 11) is -3.54. The second-order valence-corrected chi connectivity index (χ2v) is 7.22. The summed E-state index contributed by atoms with van der Waals surface area (Å²) in [5.74, 6) is -0.219. The monoisotopic (exact) mass is 347 g/mol. The highest BCUT2D eigenvalue weighted by atomic mass is 35.5. The smallest absolute Gasteiger partial charge is 0.243 e. The molecule has 1 aliphatic heterocycles. The molecule has 8 heteroatoms. The summed E-state index contributed by atoms with van der Waals surface area (Å²) >= 11 is 0. The Morgan fingerprint density at radius 3 is 2.68 bits per heavy atom. The summed E-state index contributed by atoms with van der Waals surface area (Å²) in [5, 5.41) is 5.84. The molecule has 1 aromatic carbocycles. The third-order valence-electron chi connectivity index (χ3n) is 3.57. The van der Waals surface area contributed by atoms with E-state index < -0.39 is 10.0 Å². The van der Waals surface area contributed by atoms with Gasteiger partial charge in [0.1, 0.15) is 0 Å². The second-order valence-electron chi connectivity index (χ2n) is 5.33. The Hall–Kier alpha value is -1.15. The van der Waals surface area contributed by atoms with E-state index in [4.69, 9.17) is 0 Å². The van der Waals surface area contributed by atoms with Crippen molar-refractivity contribution in [2.45, 2.75) is 31.7 Å². The molecule has 22 heavy (non-hydrogen) atoms. The number of benzene rings is 1. The van der Waals surface area contributed by atoms with E-state index in [0.29, 0.717) is 25.3 Å². The molecule has 1 heterocycles. The van der Waals surface area contributed by atoms with Crippen molar-refractivity contribution in [3.63, 3.8) is 0 Å². The van der Waals surface area contributed by atoms with Crippen LogP contribution in [0, 0.1) is 6.92 Å². The highest BCUT2D eigenvalue weighted by Gasteiger charge is 2.31. The number of carbonyl (C=O) groups excluding carboxylic acids is 1. The number of rotatable bonds is 3. The lowest BCUT2D eigenvalue weighted by atomic mass is 10.2. The number of anilines is 1. The van der Waals surface area contributed by atoms with Gasteiger partial charge in [-0.2, -0.15) is 4.31 Å². The molecule has 6 nitrogen and oxygen atoms in total. The fourth-order valence-electron chi connectivity index (χ4n) is 2.40. The van der Waals surface area contributed by atoms with Crippen molar-refractivity contribution in [3.8, 4) is 0 Å². The largest absolute Gasteiger partial charge is 0.326 e. The van der Waals surface area contributed by atoms with E-state index in [0.717, 1.165) is 5.56 Å². The standard InChI is InChI=1S/C14H21N3O3S.ClH/c1-10-4-5-13(8-14(10)16-12(3)18)21(19,20)17-7-6-15-9-11(17)2;/h4-5,8,11,15H,6-7,9H2,1-3H3,(H,16,18);1H. The summed E-state index contributed by atoms with van der Waals surface area (Å²) in [6, 6.07) is 4.74. The first-order chi connectivity index (χ1) is 9.82. The Balaban J connectivity index is 0.00000242. The van der Waals surface area contributed by atoms with Crippen molar-refractivity contribution in [2.75, 3.05) is 25.0 Å². The van der Waals surface area contributed by atoms with Gasteiger partial charge in [0.05, 0.1) is 4.90 Å². The fraction of sp³-hybridized carbons (Fsp3) is 0.500. The van der Waals surface area contributed by atoms with Gasteiger partial charge in [0, 0.05) is 38.3 Å². The van der Waals surface area contributed by atoms with E-state index >= 15 is 0 Å². The topological polar surface area (TPSA) is 78.5 Å². The molecule has 2 rings (SSSR count). The number of hydrogen-bond acceptors (Lipinski definition) is 4. The predicted octanol–water partition coefficient (Wildman–Crippen LogP) is 1.36. The zero-order valence-electron chi connectivity index (χ0n) is 12.9. The molecule has 1 unspecified atom stereocenters. The van der Waals surface area contributed by atoms with Crippen LogP contribution < -0.4 is 10.6 Å². The number of nitrogens with zero attached hydrogens (tertiary/aromatic N) is 1. The number of nitrogens with one attached hydrogen (secondary N) is 2. The minimum Gasteiger partial charge on any atom is -0.326 e. The Kier molecular flexibility index (Phi) is 6.37. The molecule has 0 saturated carbocycles. The Bertz CT molecular complexity index is 649. The number of sulfonamides is 1. The van der Waals surface area contributed by atoms with Crippen LogP contribution in [0.2, 0.25) is 0 Å². The first kappa shape index (κ1) is 18.9. The van der Waals surface area contributed by atoms with Gasteiger partial charge in [-0.15, -0.1) is 12.4 Å². The first-order valence-corrected chi connectivity index (χ1v) is 8.37. The lowest BCUT2D eigenvalue weighted by Crippen LogP contribution is -2.52. The van der Waals surface area contributed by atoms with Crippen molar-refractivity contribution in [1.82, 2.24) is 9.62 Å². The van der Waals surface area contributed by atoms with Crippen molar-refractivity contribution in [2.24, 2.45) is 0 Å². The molecule has 1 amide bonds. The zero-order valence-corrected chi connectivity index (χ0v) is 14.6. The molecule has 0 radical (unpaired) electrons. The second kappa shape index (κ2) is 7.41. The highest BCUT2D eigenvalue weighted by Crippen LogP contribution is 2.24. The summed E-state index contributed by atoms with van der Waals surface area (Å²) in [4.78, 5) is 11.4.